The predicted octanol–water partition coefficient (Wildman–Crippen LogP) is -0.0333. The Bertz CT molecular complexity index is 797. The number of rotatable bonds is 4. The maximum Gasteiger partial charge on any atom is 0.296 e. The Morgan fingerprint density at radius 3 is 2.92 bits per heavy atom. The molecule has 0 aromatic carbocycles. The molecule has 0 radical (unpaired) electrons. The van der Waals surface area contributed by atoms with Crippen LogP contribution in [0, 0.1) is 17.8 Å². The molecule has 2 atom stereocenters. The van der Waals surface area contributed by atoms with Crippen LogP contribution < -0.4 is 5.32 Å². The van der Waals surface area contributed by atoms with Gasteiger partial charge < -0.3 is 5.32 Å². The zero-order valence-corrected chi connectivity index (χ0v) is 14.2. The van der Waals surface area contributed by atoms with Gasteiger partial charge in [0.25, 0.3) is 5.91 Å². The second-order valence-electron chi connectivity index (χ2n) is 6.75. The summed E-state index contributed by atoms with van der Waals surface area (Å²) < 4.78 is 3.62. The number of aryl methyl sites for hydroxylation is 1. The molecule has 1 amide bonds. The molecule has 8 heteroatoms. The van der Waals surface area contributed by atoms with Crippen LogP contribution in [-0.2, 0) is 18.4 Å². The molecule has 130 valence electrons. The Morgan fingerprint density at radius 1 is 1.36 bits per heavy atom. The van der Waals surface area contributed by atoms with Crippen LogP contribution in [0.15, 0.2) is 24.7 Å². The minimum absolute atomic E-state index is 0.0397. The number of aromatic nitrogens is 5. The molecule has 2 aromatic heterocycles. The molecular weight excluding hydrogens is 318 g/mol. The van der Waals surface area contributed by atoms with Gasteiger partial charge in [0.05, 0.1) is 24.0 Å². The summed E-state index contributed by atoms with van der Waals surface area (Å²) in [5.74, 6) is 5.95. The lowest BCUT2D eigenvalue weighted by Gasteiger charge is -2.18. The van der Waals surface area contributed by atoms with E-state index >= 15 is 0 Å². The molecule has 3 heterocycles. The van der Waals surface area contributed by atoms with Crippen molar-refractivity contribution in [2.75, 3.05) is 13.1 Å². The average molecular weight is 339 g/mol. The van der Waals surface area contributed by atoms with Crippen molar-refractivity contribution < 1.29 is 4.79 Å². The lowest BCUT2D eigenvalue weighted by atomic mass is 10.2. The SMILES string of the molecule is Cn1ccc(CN2C[C@@H](NC(=O)C#CC3CC3)[C@@H](n3ccnn3)C2)n1. The van der Waals surface area contributed by atoms with Crippen molar-refractivity contribution in [3.8, 4) is 11.8 Å². The van der Waals surface area contributed by atoms with Crippen LogP contribution in [0.2, 0.25) is 0 Å². The molecule has 1 saturated heterocycles. The Morgan fingerprint density at radius 2 is 2.24 bits per heavy atom. The van der Waals surface area contributed by atoms with Crippen molar-refractivity contribution in [3.63, 3.8) is 0 Å². The molecule has 0 unspecified atom stereocenters. The van der Waals surface area contributed by atoms with E-state index in [0.717, 1.165) is 38.2 Å². The topological polar surface area (TPSA) is 80.9 Å². The van der Waals surface area contributed by atoms with Gasteiger partial charge in [0.2, 0.25) is 0 Å². The largest absolute Gasteiger partial charge is 0.339 e. The third-order valence-corrected chi connectivity index (χ3v) is 4.58. The molecule has 25 heavy (non-hydrogen) atoms. The second kappa shape index (κ2) is 6.69. The maximum absolute atomic E-state index is 12.2. The van der Waals surface area contributed by atoms with Gasteiger partial charge >= 0.3 is 0 Å². The lowest BCUT2D eigenvalue weighted by Crippen LogP contribution is -2.41. The van der Waals surface area contributed by atoms with E-state index in [9.17, 15) is 4.79 Å². The van der Waals surface area contributed by atoms with Crippen molar-refractivity contribution >= 4 is 5.91 Å². The predicted molar refractivity (Wildman–Crippen MR) is 90.0 cm³/mol. The summed E-state index contributed by atoms with van der Waals surface area (Å²) in [6.07, 6.45) is 7.66. The maximum atomic E-state index is 12.2. The Kier molecular flexibility index (Phi) is 4.24. The molecule has 0 spiro atoms. The highest BCUT2D eigenvalue weighted by Crippen LogP contribution is 2.27. The highest BCUT2D eigenvalue weighted by molar-refractivity contribution is 5.93. The summed E-state index contributed by atoms with van der Waals surface area (Å²) in [5, 5.41) is 15.5. The first kappa shape index (κ1) is 15.8. The molecule has 2 aromatic rings. The van der Waals surface area contributed by atoms with Crippen molar-refractivity contribution in [2.24, 2.45) is 13.0 Å². The molecule has 4 rings (SSSR count). The van der Waals surface area contributed by atoms with E-state index in [4.69, 9.17) is 0 Å². The van der Waals surface area contributed by atoms with Gasteiger partial charge in [-0.3, -0.25) is 14.4 Å². The summed E-state index contributed by atoms with van der Waals surface area (Å²) >= 11 is 0. The number of carbonyl (C=O) groups excluding carboxylic acids is 1. The van der Waals surface area contributed by atoms with Crippen LogP contribution >= 0.6 is 0 Å². The molecule has 1 N–H and O–H groups in total. The minimum Gasteiger partial charge on any atom is -0.339 e. The number of likely N-dealkylation sites (tertiary alicyclic amines) is 1. The van der Waals surface area contributed by atoms with Gasteiger partial charge in [-0.15, -0.1) is 5.10 Å². The minimum atomic E-state index is -0.207. The van der Waals surface area contributed by atoms with E-state index in [-0.39, 0.29) is 18.0 Å². The number of nitrogens with zero attached hydrogens (tertiary/aromatic N) is 6. The van der Waals surface area contributed by atoms with Crippen molar-refractivity contribution in [1.29, 1.82) is 0 Å². The molecule has 0 bridgehead atoms. The van der Waals surface area contributed by atoms with E-state index in [2.05, 4.69) is 37.5 Å². The Hall–Kier alpha value is -2.66. The quantitative estimate of drug-likeness (QED) is 0.791. The van der Waals surface area contributed by atoms with Gasteiger partial charge in [0.15, 0.2) is 0 Å². The summed E-state index contributed by atoms with van der Waals surface area (Å²) in [4.78, 5) is 14.4. The van der Waals surface area contributed by atoms with Crippen molar-refractivity contribution in [1.82, 2.24) is 35.0 Å². The van der Waals surface area contributed by atoms with Crippen molar-refractivity contribution in [2.45, 2.75) is 31.5 Å². The van der Waals surface area contributed by atoms with Gasteiger partial charge in [-0.05, 0) is 24.8 Å². The van der Waals surface area contributed by atoms with Crippen LogP contribution in [-0.4, -0.2) is 54.7 Å². The Balaban J connectivity index is 1.44. The fourth-order valence-corrected chi connectivity index (χ4v) is 3.18. The van der Waals surface area contributed by atoms with E-state index in [0.29, 0.717) is 5.92 Å². The molecule has 2 aliphatic rings. The highest BCUT2D eigenvalue weighted by Gasteiger charge is 2.35. The molecule has 8 nitrogen and oxygen atoms in total. The summed E-state index contributed by atoms with van der Waals surface area (Å²) in [5.41, 5.74) is 1.01. The monoisotopic (exact) mass is 339 g/mol. The van der Waals surface area contributed by atoms with E-state index in [1.54, 1.807) is 10.9 Å². The van der Waals surface area contributed by atoms with E-state index in [1.807, 2.05) is 30.2 Å². The second-order valence-corrected chi connectivity index (χ2v) is 6.75. The van der Waals surface area contributed by atoms with Gasteiger partial charge in [-0.25, -0.2) is 4.68 Å². The van der Waals surface area contributed by atoms with Gasteiger partial charge in [-0.2, -0.15) is 5.10 Å². The van der Waals surface area contributed by atoms with Crippen LogP contribution in [0.1, 0.15) is 24.6 Å². The third kappa shape index (κ3) is 3.88. The average Bonchev–Trinajstić information content (AvgIpc) is 2.96. The molecule has 2 fully saturated rings. The summed E-state index contributed by atoms with van der Waals surface area (Å²) in [7, 11) is 1.91. The van der Waals surface area contributed by atoms with Gasteiger partial charge in [0, 0.05) is 45.0 Å². The zero-order chi connectivity index (χ0) is 17.2. The first-order valence-corrected chi connectivity index (χ1v) is 8.56. The number of hydrogen-bond donors (Lipinski definition) is 1. The standard InChI is InChI=1S/C17H21N7O/c1-22-8-6-14(20-22)10-23-11-15(16(12-23)24-9-7-18-21-24)19-17(25)5-4-13-2-3-13/h6-9,13,15-16H,2-3,10-12H2,1H3,(H,19,25)/t15-,16+/m1/s1. The molecule has 1 aliphatic carbocycles. The molecular formula is C17H21N7O. The van der Waals surface area contributed by atoms with Gasteiger partial charge in [-0.1, -0.05) is 11.1 Å². The first-order chi connectivity index (χ1) is 12.2. The number of nitrogens with one attached hydrogen (secondary N) is 1. The third-order valence-electron chi connectivity index (χ3n) is 4.58. The van der Waals surface area contributed by atoms with Crippen LogP contribution in [0.25, 0.3) is 0 Å². The van der Waals surface area contributed by atoms with Crippen LogP contribution in [0.4, 0.5) is 0 Å². The van der Waals surface area contributed by atoms with E-state index < -0.39 is 0 Å². The normalized spacial score (nSPS) is 23.2. The van der Waals surface area contributed by atoms with E-state index in [1.165, 1.54) is 0 Å². The lowest BCUT2D eigenvalue weighted by molar-refractivity contribution is -0.116. The zero-order valence-electron chi connectivity index (χ0n) is 14.2. The number of carbonyl (C=O) groups is 1. The smallest absolute Gasteiger partial charge is 0.296 e. The van der Waals surface area contributed by atoms with Crippen LogP contribution in [0.3, 0.4) is 0 Å². The summed E-state index contributed by atoms with van der Waals surface area (Å²) in [6.45, 7) is 2.26. The Labute approximate surface area is 146 Å². The van der Waals surface area contributed by atoms with Gasteiger partial charge in [0.1, 0.15) is 0 Å². The fourth-order valence-electron chi connectivity index (χ4n) is 3.18. The fraction of sp³-hybridized carbons (Fsp3) is 0.529. The molecule has 1 saturated carbocycles. The van der Waals surface area contributed by atoms with Crippen LogP contribution in [0.5, 0.6) is 0 Å². The number of hydrogen-bond acceptors (Lipinski definition) is 5. The molecule has 1 aliphatic heterocycles. The first-order valence-electron chi connectivity index (χ1n) is 8.56. The number of amides is 1. The van der Waals surface area contributed by atoms with Crippen molar-refractivity contribution in [3.05, 3.63) is 30.4 Å². The highest BCUT2D eigenvalue weighted by atomic mass is 16.1. The summed E-state index contributed by atoms with van der Waals surface area (Å²) in [6, 6.07) is 2.00.